The van der Waals surface area contributed by atoms with Gasteiger partial charge < -0.3 is 10.6 Å². The van der Waals surface area contributed by atoms with Crippen molar-refractivity contribution in [3.8, 4) is 0 Å². The third-order valence-corrected chi connectivity index (χ3v) is 7.14. The molecule has 1 aliphatic rings. The van der Waals surface area contributed by atoms with Crippen molar-refractivity contribution in [3.05, 3.63) is 22.4 Å². The van der Waals surface area contributed by atoms with Crippen LogP contribution in [0.4, 0.5) is 0 Å². The highest BCUT2D eigenvalue weighted by molar-refractivity contribution is 7.90. The molecule has 7 heteroatoms. The molecule has 1 aromatic rings. The molecule has 1 aliphatic carbocycles. The molecule has 0 saturated heterocycles. The number of aliphatic imine (C=N–C) groups is 1. The Labute approximate surface area is 162 Å². The van der Waals surface area contributed by atoms with E-state index in [1.165, 1.54) is 43.2 Å². The number of nitrogens with zero attached hydrogens (tertiary/aromatic N) is 1. The molecule has 1 unspecified atom stereocenters. The van der Waals surface area contributed by atoms with E-state index in [-0.39, 0.29) is 17.2 Å². The summed E-state index contributed by atoms with van der Waals surface area (Å²) in [5.74, 6) is 0.981. The SMILES string of the molecule is CCNC(=NCC1(c2cccs2)CCCCC1)NC(C)CCS(C)(=O)=O. The third kappa shape index (κ3) is 6.58. The van der Waals surface area contributed by atoms with Gasteiger partial charge in [-0.2, -0.15) is 0 Å². The molecular weight excluding hydrogens is 366 g/mol. The molecule has 2 rings (SSSR count). The maximum atomic E-state index is 11.4. The average molecular weight is 400 g/mol. The summed E-state index contributed by atoms with van der Waals surface area (Å²) in [4.78, 5) is 6.35. The Kier molecular flexibility index (Phi) is 7.95. The standard InChI is InChI=1S/C19H33N3O2S2/c1-4-20-18(22-16(2)10-14-26(3,23)24)21-15-19(11-6-5-7-12-19)17-9-8-13-25-17/h8-9,13,16H,4-7,10-12,14-15H2,1-3H3,(H2,20,21,22). The van der Waals surface area contributed by atoms with Crippen molar-refractivity contribution in [1.29, 1.82) is 0 Å². The summed E-state index contributed by atoms with van der Waals surface area (Å²) >= 11 is 1.84. The summed E-state index contributed by atoms with van der Waals surface area (Å²) in [6.07, 6.45) is 8.11. The summed E-state index contributed by atoms with van der Waals surface area (Å²) < 4.78 is 22.8. The van der Waals surface area contributed by atoms with E-state index in [1.54, 1.807) is 0 Å². The third-order valence-electron chi connectivity index (χ3n) is 5.04. The number of thiophene rings is 1. The van der Waals surface area contributed by atoms with Gasteiger partial charge in [-0.05, 0) is 44.6 Å². The topological polar surface area (TPSA) is 70.6 Å². The first kappa shape index (κ1) is 21.2. The van der Waals surface area contributed by atoms with Crippen molar-refractivity contribution >= 4 is 27.1 Å². The molecule has 0 amide bonds. The Morgan fingerprint density at radius 1 is 1.35 bits per heavy atom. The smallest absolute Gasteiger partial charge is 0.191 e. The van der Waals surface area contributed by atoms with E-state index >= 15 is 0 Å². The molecule has 5 nitrogen and oxygen atoms in total. The Morgan fingerprint density at radius 2 is 2.08 bits per heavy atom. The minimum absolute atomic E-state index is 0.0616. The maximum Gasteiger partial charge on any atom is 0.191 e. The van der Waals surface area contributed by atoms with E-state index in [9.17, 15) is 8.42 Å². The minimum atomic E-state index is -2.94. The first-order valence-corrected chi connectivity index (χ1v) is 12.6. The van der Waals surface area contributed by atoms with Crippen molar-refractivity contribution in [3.63, 3.8) is 0 Å². The van der Waals surface area contributed by atoms with Gasteiger partial charge in [0.1, 0.15) is 9.84 Å². The second-order valence-corrected chi connectivity index (χ2v) is 10.7. The molecule has 1 heterocycles. The van der Waals surface area contributed by atoms with Crippen LogP contribution < -0.4 is 10.6 Å². The molecule has 0 bridgehead atoms. The lowest BCUT2D eigenvalue weighted by atomic mass is 9.73. The highest BCUT2D eigenvalue weighted by atomic mass is 32.2. The van der Waals surface area contributed by atoms with Crippen LogP contribution in [-0.4, -0.2) is 45.5 Å². The van der Waals surface area contributed by atoms with Gasteiger partial charge in [-0.15, -0.1) is 11.3 Å². The maximum absolute atomic E-state index is 11.4. The minimum Gasteiger partial charge on any atom is -0.357 e. The molecule has 26 heavy (non-hydrogen) atoms. The first-order chi connectivity index (χ1) is 12.3. The first-order valence-electron chi connectivity index (χ1n) is 9.61. The number of sulfone groups is 1. The predicted octanol–water partition coefficient (Wildman–Crippen LogP) is 3.33. The Morgan fingerprint density at radius 3 is 2.65 bits per heavy atom. The van der Waals surface area contributed by atoms with Crippen LogP contribution in [0.3, 0.4) is 0 Å². The largest absolute Gasteiger partial charge is 0.357 e. The highest BCUT2D eigenvalue weighted by Gasteiger charge is 2.34. The Hall–Kier alpha value is -1.08. The fraction of sp³-hybridized carbons (Fsp3) is 0.737. The van der Waals surface area contributed by atoms with Crippen molar-refractivity contribution in [1.82, 2.24) is 10.6 Å². The van der Waals surface area contributed by atoms with Crippen LogP contribution in [0.2, 0.25) is 0 Å². The quantitative estimate of drug-likeness (QED) is 0.520. The zero-order valence-corrected chi connectivity index (χ0v) is 17.9. The van der Waals surface area contributed by atoms with Crippen molar-refractivity contribution in [2.24, 2.45) is 4.99 Å². The molecular formula is C19H33N3O2S2. The van der Waals surface area contributed by atoms with E-state index in [4.69, 9.17) is 4.99 Å². The molecule has 148 valence electrons. The second-order valence-electron chi connectivity index (χ2n) is 7.48. The predicted molar refractivity (Wildman–Crippen MR) is 112 cm³/mol. The van der Waals surface area contributed by atoms with Crippen molar-refractivity contribution in [2.45, 2.75) is 63.8 Å². The van der Waals surface area contributed by atoms with Gasteiger partial charge in [0.2, 0.25) is 0 Å². The summed E-state index contributed by atoms with van der Waals surface area (Å²) in [5, 5.41) is 8.83. The van der Waals surface area contributed by atoms with Crippen molar-refractivity contribution in [2.75, 3.05) is 25.1 Å². The second kappa shape index (κ2) is 9.74. The number of nitrogens with one attached hydrogen (secondary N) is 2. The normalized spacial score (nSPS) is 19.1. The van der Waals surface area contributed by atoms with E-state index in [0.717, 1.165) is 19.0 Å². The summed E-state index contributed by atoms with van der Waals surface area (Å²) in [5.41, 5.74) is 0.158. The molecule has 1 fully saturated rings. The average Bonchev–Trinajstić information content (AvgIpc) is 3.14. The lowest BCUT2D eigenvalue weighted by Crippen LogP contribution is -2.44. The van der Waals surface area contributed by atoms with E-state index in [2.05, 4.69) is 28.1 Å². The monoisotopic (exact) mass is 399 g/mol. The van der Waals surface area contributed by atoms with Gasteiger partial charge >= 0.3 is 0 Å². The Bertz CT molecular complexity index is 663. The van der Waals surface area contributed by atoms with Crippen LogP contribution in [0.5, 0.6) is 0 Å². The van der Waals surface area contributed by atoms with E-state index in [1.807, 2.05) is 25.2 Å². The van der Waals surface area contributed by atoms with Crippen molar-refractivity contribution < 1.29 is 8.42 Å². The Balaban J connectivity index is 2.06. The van der Waals surface area contributed by atoms with Gasteiger partial charge in [-0.1, -0.05) is 25.3 Å². The molecule has 2 N–H and O–H groups in total. The fourth-order valence-electron chi connectivity index (χ4n) is 3.54. The summed E-state index contributed by atoms with van der Waals surface area (Å²) in [6.45, 7) is 5.62. The zero-order chi connectivity index (χ0) is 19.0. The van der Waals surface area contributed by atoms with Crippen LogP contribution in [0, 0.1) is 0 Å². The van der Waals surface area contributed by atoms with Gasteiger partial charge in [0.15, 0.2) is 5.96 Å². The molecule has 0 spiro atoms. The lowest BCUT2D eigenvalue weighted by Gasteiger charge is -2.35. The number of hydrogen-bond donors (Lipinski definition) is 2. The molecule has 1 saturated carbocycles. The zero-order valence-electron chi connectivity index (χ0n) is 16.3. The van der Waals surface area contributed by atoms with E-state index < -0.39 is 9.84 Å². The lowest BCUT2D eigenvalue weighted by molar-refractivity contribution is 0.306. The molecule has 0 aliphatic heterocycles. The molecule has 1 aromatic heterocycles. The summed E-state index contributed by atoms with van der Waals surface area (Å²) in [7, 11) is -2.94. The van der Waals surface area contributed by atoms with E-state index in [0.29, 0.717) is 6.42 Å². The van der Waals surface area contributed by atoms with Gasteiger partial charge in [0.25, 0.3) is 0 Å². The van der Waals surface area contributed by atoms with Crippen LogP contribution in [0.1, 0.15) is 57.2 Å². The highest BCUT2D eigenvalue weighted by Crippen LogP contribution is 2.41. The fourth-order valence-corrected chi connectivity index (χ4v) is 5.30. The molecule has 0 aromatic carbocycles. The van der Waals surface area contributed by atoms with Gasteiger partial charge in [0.05, 0.1) is 12.3 Å². The molecule has 1 atom stereocenters. The summed E-state index contributed by atoms with van der Waals surface area (Å²) in [6, 6.07) is 4.45. The number of hydrogen-bond acceptors (Lipinski definition) is 4. The van der Waals surface area contributed by atoms with Gasteiger partial charge in [-0.3, -0.25) is 4.99 Å². The van der Waals surface area contributed by atoms with Crippen LogP contribution in [0.25, 0.3) is 0 Å². The molecule has 0 radical (unpaired) electrons. The number of rotatable bonds is 8. The van der Waals surface area contributed by atoms with Crippen LogP contribution >= 0.6 is 11.3 Å². The van der Waals surface area contributed by atoms with Crippen LogP contribution in [0.15, 0.2) is 22.5 Å². The van der Waals surface area contributed by atoms with Gasteiger partial charge in [-0.25, -0.2) is 8.42 Å². The van der Waals surface area contributed by atoms with Crippen LogP contribution in [-0.2, 0) is 15.3 Å². The number of guanidine groups is 1. The van der Waals surface area contributed by atoms with Gasteiger partial charge in [0, 0.05) is 29.1 Å².